The van der Waals surface area contributed by atoms with Gasteiger partial charge in [-0.25, -0.2) is 9.97 Å². The van der Waals surface area contributed by atoms with Crippen molar-refractivity contribution >= 4 is 11.3 Å². The molecule has 0 fully saturated rings. The number of aromatic nitrogens is 3. The van der Waals surface area contributed by atoms with Gasteiger partial charge in [0.25, 0.3) is 0 Å². The van der Waals surface area contributed by atoms with Gasteiger partial charge >= 0.3 is 0 Å². The van der Waals surface area contributed by atoms with E-state index in [1.807, 2.05) is 48.7 Å². The Bertz CT molecular complexity index is 677. The van der Waals surface area contributed by atoms with Crippen LogP contribution in [0.25, 0.3) is 10.7 Å². The first-order chi connectivity index (χ1) is 9.31. The second-order valence-corrected chi connectivity index (χ2v) is 5.19. The zero-order valence-corrected chi connectivity index (χ0v) is 11.4. The minimum atomic E-state index is 0.751. The van der Waals surface area contributed by atoms with Crippen LogP contribution in [0.2, 0.25) is 0 Å². The van der Waals surface area contributed by atoms with E-state index in [1.54, 1.807) is 17.5 Å². The van der Waals surface area contributed by atoms with Gasteiger partial charge in [0.05, 0.1) is 5.69 Å². The SMILES string of the molecule is Cc1cccc(Cc2cccc(-c3nccs3)n2)n1. The summed E-state index contributed by atoms with van der Waals surface area (Å²) in [5, 5.41) is 2.92. The van der Waals surface area contributed by atoms with E-state index in [0.717, 1.165) is 34.2 Å². The van der Waals surface area contributed by atoms with Crippen molar-refractivity contribution in [2.45, 2.75) is 13.3 Å². The van der Waals surface area contributed by atoms with Crippen molar-refractivity contribution in [2.75, 3.05) is 0 Å². The molecule has 3 nitrogen and oxygen atoms in total. The maximum atomic E-state index is 4.65. The van der Waals surface area contributed by atoms with E-state index in [9.17, 15) is 0 Å². The number of aryl methyl sites for hydroxylation is 1. The minimum absolute atomic E-state index is 0.751. The molecular weight excluding hydrogens is 254 g/mol. The molecule has 0 aromatic carbocycles. The predicted molar refractivity (Wildman–Crippen MR) is 77.1 cm³/mol. The van der Waals surface area contributed by atoms with Crippen molar-refractivity contribution in [3.63, 3.8) is 0 Å². The largest absolute Gasteiger partial charge is 0.258 e. The molecule has 0 atom stereocenters. The molecule has 0 aliphatic carbocycles. The Morgan fingerprint density at radius 2 is 1.79 bits per heavy atom. The highest BCUT2D eigenvalue weighted by Gasteiger charge is 2.04. The second kappa shape index (κ2) is 5.28. The Morgan fingerprint density at radius 3 is 2.53 bits per heavy atom. The second-order valence-electron chi connectivity index (χ2n) is 4.30. The van der Waals surface area contributed by atoms with Crippen molar-refractivity contribution in [3.05, 3.63) is 65.1 Å². The summed E-state index contributed by atoms with van der Waals surface area (Å²) in [6.45, 7) is 2.00. The third-order valence-electron chi connectivity index (χ3n) is 2.77. The molecule has 0 aliphatic heterocycles. The van der Waals surface area contributed by atoms with Gasteiger partial charge in [-0.3, -0.25) is 4.98 Å². The molecule has 0 saturated heterocycles. The molecule has 0 spiro atoms. The first-order valence-corrected chi connectivity index (χ1v) is 6.97. The van der Waals surface area contributed by atoms with E-state index in [0.29, 0.717) is 0 Å². The van der Waals surface area contributed by atoms with E-state index in [4.69, 9.17) is 0 Å². The highest BCUT2D eigenvalue weighted by Crippen LogP contribution is 2.20. The van der Waals surface area contributed by atoms with Gasteiger partial charge in [-0.15, -0.1) is 11.3 Å². The lowest BCUT2D eigenvalue weighted by atomic mass is 10.2. The lowest BCUT2D eigenvalue weighted by Crippen LogP contribution is -1.97. The summed E-state index contributed by atoms with van der Waals surface area (Å²) in [5.74, 6) is 0. The highest BCUT2D eigenvalue weighted by molar-refractivity contribution is 7.13. The Hall–Kier alpha value is -2.07. The average Bonchev–Trinajstić information content (AvgIpc) is 2.93. The van der Waals surface area contributed by atoms with Crippen LogP contribution in [0, 0.1) is 6.92 Å². The number of thiazole rings is 1. The number of rotatable bonds is 3. The molecule has 0 N–H and O–H groups in total. The fourth-order valence-electron chi connectivity index (χ4n) is 1.93. The van der Waals surface area contributed by atoms with Crippen LogP contribution < -0.4 is 0 Å². The molecule has 0 radical (unpaired) electrons. The Labute approximate surface area is 116 Å². The summed E-state index contributed by atoms with van der Waals surface area (Å²) >= 11 is 1.60. The van der Waals surface area contributed by atoms with Crippen LogP contribution in [0.15, 0.2) is 48.0 Å². The van der Waals surface area contributed by atoms with E-state index in [2.05, 4.69) is 15.0 Å². The summed E-state index contributed by atoms with van der Waals surface area (Å²) in [4.78, 5) is 13.4. The molecule has 0 saturated carbocycles. The monoisotopic (exact) mass is 267 g/mol. The Balaban J connectivity index is 1.88. The third kappa shape index (κ3) is 2.85. The summed E-state index contributed by atoms with van der Waals surface area (Å²) in [5.41, 5.74) is 4.03. The highest BCUT2D eigenvalue weighted by atomic mass is 32.1. The molecule has 0 unspecified atom stereocenters. The van der Waals surface area contributed by atoms with Crippen molar-refractivity contribution in [1.29, 1.82) is 0 Å². The minimum Gasteiger partial charge on any atom is -0.258 e. The lowest BCUT2D eigenvalue weighted by molar-refractivity contribution is 0.993. The zero-order chi connectivity index (χ0) is 13.1. The van der Waals surface area contributed by atoms with Crippen LogP contribution >= 0.6 is 11.3 Å². The van der Waals surface area contributed by atoms with Crippen molar-refractivity contribution in [2.24, 2.45) is 0 Å². The summed E-state index contributed by atoms with van der Waals surface area (Å²) in [6.07, 6.45) is 2.55. The van der Waals surface area contributed by atoms with Gasteiger partial charge in [0.2, 0.25) is 0 Å². The van der Waals surface area contributed by atoms with E-state index in [1.165, 1.54) is 0 Å². The van der Waals surface area contributed by atoms with E-state index >= 15 is 0 Å². The molecule has 19 heavy (non-hydrogen) atoms. The zero-order valence-electron chi connectivity index (χ0n) is 10.6. The first-order valence-electron chi connectivity index (χ1n) is 6.09. The predicted octanol–water partition coefficient (Wildman–Crippen LogP) is 3.50. The van der Waals surface area contributed by atoms with Crippen molar-refractivity contribution < 1.29 is 0 Å². The molecule has 94 valence electrons. The number of pyridine rings is 2. The summed E-state index contributed by atoms with van der Waals surface area (Å²) in [7, 11) is 0. The normalized spacial score (nSPS) is 10.6. The van der Waals surface area contributed by atoms with Crippen LogP contribution in [0.4, 0.5) is 0 Å². The standard InChI is InChI=1S/C15H13N3S/c1-11-4-2-5-12(17-11)10-13-6-3-7-14(18-13)15-16-8-9-19-15/h2-9H,10H2,1H3. The average molecular weight is 267 g/mol. The van der Waals surface area contributed by atoms with Crippen LogP contribution in [0.3, 0.4) is 0 Å². The summed E-state index contributed by atoms with van der Waals surface area (Å²) < 4.78 is 0. The molecule has 4 heteroatoms. The van der Waals surface area contributed by atoms with Gasteiger partial charge in [-0.2, -0.15) is 0 Å². The topological polar surface area (TPSA) is 38.7 Å². The van der Waals surface area contributed by atoms with Crippen LogP contribution in [-0.4, -0.2) is 15.0 Å². The fourth-order valence-corrected chi connectivity index (χ4v) is 2.54. The van der Waals surface area contributed by atoms with Crippen molar-refractivity contribution in [3.8, 4) is 10.7 Å². The third-order valence-corrected chi connectivity index (χ3v) is 3.56. The van der Waals surface area contributed by atoms with Crippen LogP contribution in [-0.2, 0) is 6.42 Å². The van der Waals surface area contributed by atoms with Crippen LogP contribution in [0.1, 0.15) is 17.1 Å². The first kappa shape index (κ1) is 12.0. The number of hydrogen-bond acceptors (Lipinski definition) is 4. The quantitative estimate of drug-likeness (QED) is 0.729. The summed E-state index contributed by atoms with van der Waals surface area (Å²) in [6, 6.07) is 12.1. The van der Waals surface area contributed by atoms with Gasteiger partial charge in [0.15, 0.2) is 0 Å². The maximum absolute atomic E-state index is 4.65. The van der Waals surface area contributed by atoms with Gasteiger partial charge < -0.3 is 0 Å². The lowest BCUT2D eigenvalue weighted by Gasteiger charge is -2.03. The Kier molecular flexibility index (Phi) is 3.33. The van der Waals surface area contributed by atoms with Gasteiger partial charge in [-0.05, 0) is 31.2 Å². The van der Waals surface area contributed by atoms with Crippen molar-refractivity contribution in [1.82, 2.24) is 15.0 Å². The van der Waals surface area contributed by atoms with Gasteiger partial charge in [0, 0.05) is 35.1 Å². The smallest absolute Gasteiger partial charge is 0.141 e. The molecular formula is C15H13N3S. The molecule has 3 aromatic heterocycles. The molecule has 3 heterocycles. The molecule has 0 aliphatic rings. The molecule has 0 bridgehead atoms. The molecule has 3 aromatic rings. The van der Waals surface area contributed by atoms with Crippen LogP contribution in [0.5, 0.6) is 0 Å². The number of nitrogens with zero attached hydrogens (tertiary/aromatic N) is 3. The maximum Gasteiger partial charge on any atom is 0.141 e. The van der Waals surface area contributed by atoms with Gasteiger partial charge in [-0.1, -0.05) is 12.1 Å². The van der Waals surface area contributed by atoms with Gasteiger partial charge in [0.1, 0.15) is 5.01 Å². The molecule has 0 amide bonds. The van der Waals surface area contributed by atoms with E-state index in [-0.39, 0.29) is 0 Å². The van der Waals surface area contributed by atoms with E-state index < -0.39 is 0 Å². The molecule has 3 rings (SSSR count). The number of hydrogen-bond donors (Lipinski definition) is 0. The Morgan fingerprint density at radius 1 is 1.00 bits per heavy atom. The fraction of sp³-hybridized carbons (Fsp3) is 0.133.